The van der Waals surface area contributed by atoms with Gasteiger partial charge in [-0.15, -0.1) is 0 Å². The molecule has 7 heteroatoms. The molecule has 0 spiro atoms. The molecule has 33 heavy (non-hydrogen) atoms. The van der Waals surface area contributed by atoms with Crippen LogP contribution in [0.4, 0.5) is 4.39 Å². The molecule has 1 aliphatic heterocycles. The van der Waals surface area contributed by atoms with E-state index in [0.29, 0.717) is 47.6 Å². The van der Waals surface area contributed by atoms with Gasteiger partial charge in [-0.05, 0) is 71.0 Å². The fraction of sp³-hybridized carbons (Fsp3) is 0.500. The normalized spacial score (nSPS) is 19.6. The van der Waals surface area contributed by atoms with E-state index < -0.39 is 17.2 Å². The largest absolute Gasteiger partial charge is 0.478 e. The van der Waals surface area contributed by atoms with Gasteiger partial charge in [0.25, 0.3) is 0 Å². The van der Waals surface area contributed by atoms with E-state index in [1.54, 1.807) is 12.1 Å². The third kappa shape index (κ3) is 5.54. The molecule has 1 unspecified atom stereocenters. The first-order chi connectivity index (χ1) is 15.5. The molecular weight excluding hydrogens is 464 g/mol. The Morgan fingerprint density at radius 1 is 1.21 bits per heavy atom. The van der Waals surface area contributed by atoms with Gasteiger partial charge in [-0.3, -0.25) is 4.90 Å². The topological polar surface area (TPSA) is 49.8 Å². The minimum atomic E-state index is -1.21. The van der Waals surface area contributed by atoms with Crippen LogP contribution in [-0.4, -0.2) is 41.8 Å². The Morgan fingerprint density at radius 2 is 1.94 bits per heavy atom. The zero-order valence-electron chi connectivity index (χ0n) is 19.3. The van der Waals surface area contributed by atoms with Gasteiger partial charge in [0.2, 0.25) is 0 Å². The molecule has 0 bridgehead atoms. The van der Waals surface area contributed by atoms with E-state index in [9.17, 15) is 9.90 Å². The maximum Gasteiger partial charge on any atom is 0.338 e. The second kappa shape index (κ2) is 9.53. The van der Waals surface area contributed by atoms with Gasteiger partial charge in [0.05, 0.1) is 28.3 Å². The summed E-state index contributed by atoms with van der Waals surface area (Å²) in [5.41, 5.74) is 2.79. The van der Waals surface area contributed by atoms with Crippen molar-refractivity contribution in [3.63, 3.8) is 0 Å². The van der Waals surface area contributed by atoms with Crippen molar-refractivity contribution in [1.29, 1.82) is 0 Å². The van der Waals surface area contributed by atoms with E-state index in [1.165, 1.54) is 0 Å². The number of halogens is 3. The SMILES string of the molecule is CC(C)(C)c1c(F)c(C(=O)O)cc(C2CC2)c1CN1CCOC(Cc2ccc(Cl)c(Cl)c2)C1. The lowest BCUT2D eigenvalue weighted by Crippen LogP contribution is -2.43. The lowest BCUT2D eigenvalue weighted by molar-refractivity contribution is -0.0307. The Morgan fingerprint density at radius 3 is 2.55 bits per heavy atom. The third-order valence-corrected chi connectivity index (χ3v) is 7.19. The summed E-state index contributed by atoms with van der Waals surface area (Å²) >= 11 is 12.2. The van der Waals surface area contributed by atoms with Crippen molar-refractivity contribution in [2.24, 2.45) is 0 Å². The maximum atomic E-state index is 15.5. The summed E-state index contributed by atoms with van der Waals surface area (Å²) in [5.74, 6) is -1.50. The van der Waals surface area contributed by atoms with E-state index in [4.69, 9.17) is 27.9 Å². The molecule has 0 amide bonds. The van der Waals surface area contributed by atoms with Crippen LogP contribution in [0.5, 0.6) is 0 Å². The minimum Gasteiger partial charge on any atom is -0.478 e. The molecule has 1 heterocycles. The number of carboxylic acid groups (broad SMARTS) is 1. The molecule has 1 atom stereocenters. The molecule has 2 aromatic rings. The molecule has 4 nitrogen and oxygen atoms in total. The van der Waals surface area contributed by atoms with Crippen LogP contribution in [0, 0.1) is 5.82 Å². The molecule has 1 N–H and O–H groups in total. The number of hydrogen-bond acceptors (Lipinski definition) is 3. The van der Waals surface area contributed by atoms with Crippen molar-refractivity contribution in [1.82, 2.24) is 4.90 Å². The third-order valence-electron chi connectivity index (χ3n) is 6.46. The molecule has 1 aliphatic carbocycles. The van der Waals surface area contributed by atoms with E-state index in [-0.39, 0.29) is 11.7 Å². The molecule has 4 rings (SSSR count). The molecule has 0 radical (unpaired) electrons. The van der Waals surface area contributed by atoms with Crippen LogP contribution in [0.15, 0.2) is 24.3 Å². The van der Waals surface area contributed by atoms with Crippen LogP contribution in [-0.2, 0) is 23.1 Å². The first-order valence-electron chi connectivity index (χ1n) is 11.4. The van der Waals surface area contributed by atoms with Gasteiger partial charge in [0.1, 0.15) is 5.82 Å². The molecule has 1 saturated heterocycles. The molecule has 2 aliphatic rings. The van der Waals surface area contributed by atoms with E-state index in [2.05, 4.69) is 4.90 Å². The van der Waals surface area contributed by atoms with Crippen molar-refractivity contribution >= 4 is 29.2 Å². The molecular formula is C26H30Cl2FNO3. The number of rotatable bonds is 6. The summed E-state index contributed by atoms with van der Waals surface area (Å²) in [6.45, 7) is 8.46. The number of aromatic carboxylic acids is 1. The van der Waals surface area contributed by atoms with Crippen molar-refractivity contribution in [3.8, 4) is 0 Å². The Kier molecular flexibility index (Phi) is 7.07. The van der Waals surface area contributed by atoms with Crippen molar-refractivity contribution < 1.29 is 19.0 Å². The molecule has 2 fully saturated rings. The summed E-state index contributed by atoms with van der Waals surface area (Å²) in [5, 5.41) is 10.7. The minimum absolute atomic E-state index is 0.0124. The molecule has 0 aromatic heterocycles. The van der Waals surface area contributed by atoms with Crippen LogP contribution >= 0.6 is 23.2 Å². The Labute approximate surface area is 204 Å². The Bertz CT molecular complexity index is 1060. The van der Waals surface area contributed by atoms with Gasteiger partial charge in [-0.25, -0.2) is 9.18 Å². The highest BCUT2D eigenvalue weighted by Crippen LogP contribution is 2.46. The van der Waals surface area contributed by atoms with Gasteiger partial charge in [-0.1, -0.05) is 50.0 Å². The average Bonchev–Trinajstić information content (AvgIpc) is 3.55. The number of morpholine rings is 1. The maximum absolute atomic E-state index is 15.5. The number of carboxylic acids is 1. The van der Waals surface area contributed by atoms with Gasteiger partial charge in [-0.2, -0.15) is 0 Å². The van der Waals surface area contributed by atoms with E-state index >= 15 is 4.39 Å². The van der Waals surface area contributed by atoms with Crippen LogP contribution in [0.3, 0.4) is 0 Å². The monoisotopic (exact) mass is 493 g/mol. The summed E-state index contributed by atoms with van der Waals surface area (Å²) < 4.78 is 21.5. The fourth-order valence-electron chi connectivity index (χ4n) is 4.78. The van der Waals surface area contributed by atoms with Gasteiger partial charge in [0, 0.05) is 19.6 Å². The Balaban J connectivity index is 1.61. The van der Waals surface area contributed by atoms with Gasteiger partial charge in [0.15, 0.2) is 0 Å². The molecule has 178 valence electrons. The van der Waals surface area contributed by atoms with E-state index in [1.807, 2.05) is 32.9 Å². The number of carbonyl (C=O) groups is 1. The van der Waals surface area contributed by atoms with Crippen LogP contribution < -0.4 is 0 Å². The van der Waals surface area contributed by atoms with Crippen molar-refractivity contribution in [3.05, 3.63) is 67.9 Å². The van der Waals surface area contributed by atoms with Crippen molar-refractivity contribution in [2.45, 2.75) is 64.0 Å². The highest BCUT2D eigenvalue weighted by atomic mass is 35.5. The van der Waals surface area contributed by atoms with E-state index in [0.717, 1.165) is 36.1 Å². The summed E-state index contributed by atoms with van der Waals surface area (Å²) in [4.78, 5) is 14.1. The quantitative estimate of drug-likeness (QED) is 0.502. The zero-order valence-corrected chi connectivity index (χ0v) is 20.8. The summed E-state index contributed by atoms with van der Waals surface area (Å²) in [7, 11) is 0. The number of nitrogens with zero attached hydrogens (tertiary/aromatic N) is 1. The fourth-order valence-corrected chi connectivity index (χ4v) is 5.11. The number of hydrogen-bond donors (Lipinski definition) is 1. The highest BCUT2D eigenvalue weighted by Gasteiger charge is 2.35. The zero-order chi connectivity index (χ0) is 23.9. The molecule has 2 aromatic carbocycles. The van der Waals surface area contributed by atoms with Gasteiger partial charge < -0.3 is 9.84 Å². The van der Waals surface area contributed by atoms with Crippen LogP contribution in [0.25, 0.3) is 0 Å². The lowest BCUT2D eigenvalue weighted by atomic mass is 9.79. The number of ether oxygens (including phenoxy) is 1. The lowest BCUT2D eigenvalue weighted by Gasteiger charge is -2.35. The predicted octanol–water partition coefficient (Wildman–Crippen LogP) is 6.45. The summed E-state index contributed by atoms with van der Waals surface area (Å²) in [6.07, 6.45) is 2.73. The second-order valence-electron chi connectivity index (χ2n) is 10.2. The highest BCUT2D eigenvalue weighted by molar-refractivity contribution is 6.42. The van der Waals surface area contributed by atoms with Crippen molar-refractivity contribution in [2.75, 3.05) is 19.7 Å². The van der Waals surface area contributed by atoms with Crippen LogP contribution in [0.2, 0.25) is 10.0 Å². The first-order valence-corrected chi connectivity index (χ1v) is 12.2. The smallest absolute Gasteiger partial charge is 0.338 e. The predicted molar refractivity (Wildman–Crippen MR) is 129 cm³/mol. The average molecular weight is 494 g/mol. The standard InChI is InChI=1S/C26H30Cl2FNO3/c1-26(2,3)23-20(18(16-5-6-16)12-19(24(23)29)25(31)32)14-30-8-9-33-17(13-30)10-15-4-7-21(27)22(28)11-15/h4,7,11-12,16-17H,5-6,8-10,13-14H2,1-3H3,(H,31,32). The Hall–Kier alpha value is -1.66. The van der Waals surface area contributed by atoms with Gasteiger partial charge >= 0.3 is 5.97 Å². The molecule has 1 saturated carbocycles. The summed E-state index contributed by atoms with van der Waals surface area (Å²) in [6, 6.07) is 7.20. The second-order valence-corrected chi connectivity index (χ2v) is 11.0. The first kappa shape index (κ1) is 24.5. The number of benzene rings is 2. The van der Waals surface area contributed by atoms with Crippen LogP contribution in [0.1, 0.15) is 72.1 Å².